The summed E-state index contributed by atoms with van der Waals surface area (Å²) in [6, 6.07) is 6.71. The third-order valence-corrected chi connectivity index (χ3v) is 3.45. The predicted molar refractivity (Wildman–Crippen MR) is 77.5 cm³/mol. The smallest absolute Gasteiger partial charge is 0.335 e. The molecule has 0 bridgehead atoms. The maximum atomic E-state index is 12.0. The van der Waals surface area contributed by atoms with E-state index in [0.717, 1.165) is 5.56 Å². The highest BCUT2D eigenvalue weighted by molar-refractivity contribution is 5.89. The van der Waals surface area contributed by atoms with Crippen molar-refractivity contribution in [3.63, 3.8) is 0 Å². The fourth-order valence-electron chi connectivity index (χ4n) is 2.37. The Hall–Kier alpha value is -2.08. The molecule has 1 heterocycles. The number of amides is 2. The minimum Gasteiger partial charge on any atom is -0.478 e. The fourth-order valence-corrected chi connectivity index (χ4v) is 2.37. The van der Waals surface area contributed by atoms with E-state index in [2.05, 4.69) is 5.32 Å². The Morgan fingerprint density at radius 2 is 2.19 bits per heavy atom. The second-order valence-corrected chi connectivity index (χ2v) is 5.07. The van der Waals surface area contributed by atoms with E-state index in [0.29, 0.717) is 32.7 Å². The number of hydrogen-bond acceptors (Lipinski definition) is 3. The van der Waals surface area contributed by atoms with Crippen LogP contribution in [0, 0.1) is 0 Å². The van der Waals surface area contributed by atoms with Gasteiger partial charge < -0.3 is 20.1 Å². The summed E-state index contributed by atoms with van der Waals surface area (Å²) < 4.78 is 5.39. The number of hydrogen-bond donors (Lipinski definition) is 2. The topological polar surface area (TPSA) is 78.9 Å². The average Bonchev–Trinajstić information content (AvgIpc) is 2.47. The Morgan fingerprint density at radius 1 is 1.43 bits per heavy atom. The van der Waals surface area contributed by atoms with Gasteiger partial charge in [-0.2, -0.15) is 0 Å². The Morgan fingerprint density at radius 3 is 2.90 bits per heavy atom. The lowest BCUT2D eigenvalue weighted by molar-refractivity contribution is -0.00343. The van der Waals surface area contributed by atoms with Gasteiger partial charge in [0, 0.05) is 19.6 Å². The number of morpholine rings is 1. The first-order valence-corrected chi connectivity index (χ1v) is 7.03. The summed E-state index contributed by atoms with van der Waals surface area (Å²) >= 11 is 0. The Bertz CT molecular complexity index is 518. The molecule has 2 rings (SSSR count). The first-order chi connectivity index (χ1) is 10.1. The van der Waals surface area contributed by atoms with Gasteiger partial charge in [0.2, 0.25) is 0 Å². The van der Waals surface area contributed by atoms with Crippen molar-refractivity contribution in [1.29, 1.82) is 0 Å². The van der Waals surface area contributed by atoms with E-state index in [-0.39, 0.29) is 17.7 Å². The van der Waals surface area contributed by atoms with Crippen LogP contribution < -0.4 is 5.32 Å². The summed E-state index contributed by atoms with van der Waals surface area (Å²) in [5, 5.41) is 11.9. The molecule has 114 valence electrons. The van der Waals surface area contributed by atoms with Crippen LogP contribution in [-0.2, 0) is 11.2 Å². The molecule has 1 saturated heterocycles. The highest BCUT2D eigenvalue weighted by Gasteiger charge is 2.20. The van der Waals surface area contributed by atoms with Crippen LogP contribution in [0.2, 0.25) is 0 Å². The number of carboxylic acid groups (broad SMARTS) is 1. The van der Waals surface area contributed by atoms with Crippen LogP contribution in [0.25, 0.3) is 0 Å². The molecular weight excluding hydrogens is 272 g/mol. The number of carbonyl (C=O) groups excluding carboxylic acids is 1. The van der Waals surface area contributed by atoms with E-state index in [9.17, 15) is 9.59 Å². The molecule has 2 amide bonds. The van der Waals surface area contributed by atoms with Crippen molar-refractivity contribution >= 4 is 12.0 Å². The fraction of sp³-hybridized carbons (Fsp3) is 0.467. The number of ether oxygens (including phenoxy) is 1. The number of benzene rings is 1. The molecule has 6 heteroatoms. The lowest BCUT2D eigenvalue weighted by Gasteiger charge is -2.31. The number of rotatable bonds is 4. The summed E-state index contributed by atoms with van der Waals surface area (Å²) in [4.78, 5) is 24.8. The highest BCUT2D eigenvalue weighted by atomic mass is 16.5. The summed E-state index contributed by atoms with van der Waals surface area (Å²) in [7, 11) is 0. The third kappa shape index (κ3) is 4.19. The van der Waals surface area contributed by atoms with Gasteiger partial charge in [0.25, 0.3) is 0 Å². The van der Waals surface area contributed by atoms with E-state index < -0.39 is 5.97 Å². The molecular formula is C15H20N2O4. The number of urea groups is 1. The van der Waals surface area contributed by atoms with Gasteiger partial charge in [-0.15, -0.1) is 0 Å². The van der Waals surface area contributed by atoms with Crippen LogP contribution in [-0.4, -0.2) is 54.4 Å². The number of aromatic carboxylic acids is 1. The molecule has 6 nitrogen and oxygen atoms in total. The third-order valence-electron chi connectivity index (χ3n) is 3.45. The second kappa shape index (κ2) is 7.08. The van der Waals surface area contributed by atoms with Gasteiger partial charge in [0.15, 0.2) is 0 Å². The number of nitrogens with one attached hydrogen (secondary N) is 1. The normalized spacial score (nSPS) is 18.3. The molecule has 1 aliphatic heterocycles. The lowest BCUT2D eigenvalue weighted by atomic mass is 10.0. The maximum Gasteiger partial charge on any atom is 0.335 e. The highest BCUT2D eigenvalue weighted by Crippen LogP contribution is 2.09. The van der Waals surface area contributed by atoms with Crippen molar-refractivity contribution in [2.45, 2.75) is 19.4 Å². The standard InChI is InChI=1S/C15H20N2O4/c1-11-10-17(8-9-21-11)15(20)16-7-6-12-4-2-3-5-13(12)14(18)19/h2-5,11H,6-10H2,1H3,(H,16,20)(H,18,19). The molecule has 1 aromatic carbocycles. The van der Waals surface area contributed by atoms with Gasteiger partial charge >= 0.3 is 12.0 Å². The number of nitrogens with zero attached hydrogens (tertiary/aromatic N) is 1. The molecule has 0 aromatic heterocycles. The molecule has 0 spiro atoms. The summed E-state index contributed by atoms with van der Waals surface area (Å²) in [6.45, 7) is 4.06. The van der Waals surface area contributed by atoms with Gasteiger partial charge in [-0.3, -0.25) is 0 Å². The minimum atomic E-state index is -0.945. The maximum absolute atomic E-state index is 12.0. The molecule has 0 saturated carbocycles. The first-order valence-electron chi connectivity index (χ1n) is 7.03. The van der Waals surface area contributed by atoms with E-state index in [1.807, 2.05) is 6.92 Å². The van der Waals surface area contributed by atoms with Crippen LogP contribution in [0.5, 0.6) is 0 Å². The summed E-state index contributed by atoms with van der Waals surface area (Å²) in [6.07, 6.45) is 0.547. The summed E-state index contributed by atoms with van der Waals surface area (Å²) in [5.41, 5.74) is 1.01. The van der Waals surface area contributed by atoms with E-state index in [4.69, 9.17) is 9.84 Å². The molecule has 21 heavy (non-hydrogen) atoms. The molecule has 1 unspecified atom stereocenters. The van der Waals surface area contributed by atoms with Crippen molar-refractivity contribution in [2.24, 2.45) is 0 Å². The zero-order valence-corrected chi connectivity index (χ0v) is 12.0. The number of carbonyl (C=O) groups is 2. The van der Waals surface area contributed by atoms with Crippen molar-refractivity contribution < 1.29 is 19.4 Å². The van der Waals surface area contributed by atoms with E-state index in [1.165, 1.54) is 0 Å². The van der Waals surface area contributed by atoms with Gasteiger partial charge in [0.05, 0.1) is 18.3 Å². The molecule has 0 aliphatic carbocycles. The Kier molecular flexibility index (Phi) is 5.16. The molecule has 1 aromatic rings. The van der Waals surface area contributed by atoms with Crippen LogP contribution in [0.3, 0.4) is 0 Å². The SMILES string of the molecule is CC1CN(C(=O)NCCc2ccccc2C(=O)O)CCO1. The van der Waals surface area contributed by atoms with Crippen molar-refractivity contribution in [2.75, 3.05) is 26.2 Å². The van der Waals surface area contributed by atoms with Crippen molar-refractivity contribution in [1.82, 2.24) is 10.2 Å². The Labute approximate surface area is 123 Å². The van der Waals surface area contributed by atoms with Gasteiger partial charge in [-0.25, -0.2) is 9.59 Å². The Balaban J connectivity index is 1.84. The molecule has 1 atom stereocenters. The van der Waals surface area contributed by atoms with Crippen LogP contribution >= 0.6 is 0 Å². The van der Waals surface area contributed by atoms with E-state index in [1.54, 1.807) is 29.2 Å². The monoisotopic (exact) mass is 292 g/mol. The molecule has 0 radical (unpaired) electrons. The quantitative estimate of drug-likeness (QED) is 0.878. The van der Waals surface area contributed by atoms with Gasteiger partial charge in [-0.05, 0) is 25.0 Å². The summed E-state index contributed by atoms with van der Waals surface area (Å²) in [5.74, 6) is -0.945. The molecule has 2 N–H and O–H groups in total. The van der Waals surface area contributed by atoms with Gasteiger partial charge in [-0.1, -0.05) is 18.2 Å². The van der Waals surface area contributed by atoms with Gasteiger partial charge in [0.1, 0.15) is 0 Å². The predicted octanol–water partition coefficient (Wildman–Crippen LogP) is 1.36. The molecule has 1 aliphatic rings. The average molecular weight is 292 g/mol. The zero-order valence-electron chi connectivity index (χ0n) is 12.0. The van der Waals surface area contributed by atoms with Crippen LogP contribution in [0.15, 0.2) is 24.3 Å². The first kappa shape index (κ1) is 15.3. The lowest BCUT2D eigenvalue weighted by Crippen LogP contribution is -2.49. The van der Waals surface area contributed by atoms with Crippen LogP contribution in [0.1, 0.15) is 22.8 Å². The van der Waals surface area contributed by atoms with Crippen molar-refractivity contribution in [3.8, 4) is 0 Å². The van der Waals surface area contributed by atoms with Crippen molar-refractivity contribution in [3.05, 3.63) is 35.4 Å². The van der Waals surface area contributed by atoms with E-state index >= 15 is 0 Å². The zero-order chi connectivity index (χ0) is 15.2. The second-order valence-electron chi connectivity index (χ2n) is 5.07. The molecule has 1 fully saturated rings. The number of carboxylic acids is 1. The largest absolute Gasteiger partial charge is 0.478 e. The minimum absolute atomic E-state index is 0.0530. The van der Waals surface area contributed by atoms with Crippen LogP contribution in [0.4, 0.5) is 4.79 Å².